The van der Waals surface area contributed by atoms with E-state index in [4.69, 9.17) is 5.11 Å². The minimum Gasteiger partial charge on any atom is -0.396 e. The molecule has 0 aliphatic heterocycles. The zero-order valence-corrected chi connectivity index (χ0v) is 12.2. The SMILES string of the molecule is O=C(CI)NC(=O)CNCC1(O)C(O)[C@@H](O)C1CO. The number of alkyl halides is 1. The molecule has 0 aromatic carbocycles. The van der Waals surface area contributed by atoms with Gasteiger partial charge >= 0.3 is 0 Å². The van der Waals surface area contributed by atoms with Crippen molar-refractivity contribution < 1.29 is 30.0 Å². The Kier molecular flexibility index (Phi) is 6.08. The topological polar surface area (TPSA) is 139 Å². The molecule has 1 rings (SSSR count). The molecule has 110 valence electrons. The third-order valence-electron chi connectivity index (χ3n) is 3.18. The normalized spacial score (nSPS) is 33.6. The number of nitrogens with one attached hydrogen (secondary N) is 2. The maximum Gasteiger partial charge on any atom is 0.240 e. The highest BCUT2D eigenvalue weighted by Gasteiger charge is 2.60. The number of aliphatic hydroxyl groups excluding tert-OH is 3. The van der Waals surface area contributed by atoms with Crippen LogP contribution in [0.15, 0.2) is 0 Å². The van der Waals surface area contributed by atoms with Crippen LogP contribution in [0, 0.1) is 5.92 Å². The number of hydrogen-bond acceptors (Lipinski definition) is 7. The van der Waals surface area contributed by atoms with E-state index in [-0.39, 0.29) is 17.5 Å². The highest BCUT2D eigenvalue weighted by Crippen LogP contribution is 2.38. The summed E-state index contributed by atoms with van der Waals surface area (Å²) in [5.74, 6) is -1.84. The standard InChI is InChI=1S/C10H17IN2O6/c11-1-6(15)13-7(16)2-12-4-10(19)5(3-14)8(17)9(10)18/h5,8-9,12,14,17-19H,1-4H2,(H,13,15,16)/t5?,8-,9?,10?/m0/s1. The molecule has 1 fully saturated rings. The summed E-state index contributed by atoms with van der Waals surface area (Å²) in [6, 6.07) is 0. The Morgan fingerprint density at radius 2 is 1.89 bits per heavy atom. The summed E-state index contributed by atoms with van der Waals surface area (Å²) in [7, 11) is 0. The van der Waals surface area contributed by atoms with Crippen LogP contribution in [-0.2, 0) is 9.59 Å². The van der Waals surface area contributed by atoms with Gasteiger partial charge in [-0.1, -0.05) is 22.6 Å². The van der Waals surface area contributed by atoms with Gasteiger partial charge in [0.1, 0.15) is 11.7 Å². The third kappa shape index (κ3) is 3.61. The summed E-state index contributed by atoms with van der Waals surface area (Å²) < 4.78 is 0.158. The number of imide groups is 1. The number of rotatable bonds is 6. The number of halogens is 1. The summed E-state index contributed by atoms with van der Waals surface area (Å²) in [5, 5.41) is 42.5. The van der Waals surface area contributed by atoms with Crippen LogP contribution in [0.25, 0.3) is 0 Å². The fourth-order valence-electron chi connectivity index (χ4n) is 2.02. The van der Waals surface area contributed by atoms with Crippen LogP contribution >= 0.6 is 22.6 Å². The van der Waals surface area contributed by atoms with E-state index in [1.165, 1.54) is 0 Å². The highest BCUT2D eigenvalue weighted by molar-refractivity contribution is 14.1. The van der Waals surface area contributed by atoms with E-state index in [0.29, 0.717) is 0 Å². The average molecular weight is 388 g/mol. The van der Waals surface area contributed by atoms with Gasteiger partial charge in [-0.25, -0.2) is 0 Å². The lowest BCUT2D eigenvalue weighted by molar-refractivity contribution is -0.265. The predicted octanol–water partition coefficient (Wildman–Crippen LogP) is -3.27. The van der Waals surface area contributed by atoms with Gasteiger partial charge in [-0.05, 0) is 0 Å². The first kappa shape index (κ1) is 16.7. The molecule has 6 N–H and O–H groups in total. The molecule has 0 aromatic heterocycles. The Morgan fingerprint density at radius 3 is 2.42 bits per heavy atom. The van der Waals surface area contributed by atoms with Crippen LogP contribution in [0.4, 0.5) is 0 Å². The van der Waals surface area contributed by atoms with E-state index < -0.39 is 42.1 Å². The number of aliphatic hydroxyl groups is 4. The van der Waals surface area contributed by atoms with E-state index in [9.17, 15) is 24.9 Å². The molecule has 1 saturated carbocycles. The van der Waals surface area contributed by atoms with Crippen LogP contribution in [0.2, 0.25) is 0 Å². The minimum atomic E-state index is -1.68. The van der Waals surface area contributed by atoms with Gasteiger partial charge in [0.2, 0.25) is 11.8 Å². The second kappa shape index (κ2) is 6.90. The highest BCUT2D eigenvalue weighted by atomic mass is 127. The van der Waals surface area contributed by atoms with Gasteiger partial charge in [0.05, 0.1) is 23.7 Å². The van der Waals surface area contributed by atoms with Gasteiger partial charge in [0.15, 0.2) is 0 Å². The number of carbonyl (C=O) groups excluding carboxylic acids is 2. The van der Waals surface area contributed by atoms with Crippen molar-refractivity contribution >= 4 is 34.4 Å². The fourth-order valence-corrected chi connectivity index (χ4v) is 2.21. The van der Waals surface area contributed by atoms with Crippen LogP contribution in [0.3, 0.4) is 0 Å². The van der Waals surface area contributed by atoms with Crippen molar-refractivity contribution in [3.63, 3.8) is 0 Å². The maximum atomic E-state index is 11.3. The first-order valence-electron chi connectivity index (χ1n) is 5.65. The van der Waals surface area contributed by atoms with Gasteiger partial charge in [0, 0.05) is 12.5 Å². The lowest BCUT2D eigenvalue weighted by Gasteiger charge is -2.52. The summed E-state index contributed by atoms with van der Waals surface area (Å²) in [6.07, 6.45) is -2.57. The maximum absolute atomic E-state index is 11.3. The number of amides is 2. The first-order valence-corrected chi connectivity index (χ1v) is 7.18. The Bertz CT molecular complexity index is 355. The van der Waals surface area contributed by atoms with Crippen molar-refractivity contribution in [3.8, 4) is 0 Å². The lowest BCUT2D eigenvalue weighted by Crippen LogP contribution is -2.74. The van der Waals surface area contributed by atoms with Crippen molar-refractivity contribution in [1.29, 1.82) is 0 Å². The summed E-state index contributed by atoms with van der Waals surface area (Å²) in [5.41, 5.74) is -1.68. The van der Waals surface area contributed by atoms with Crippen LogP contribution in [0.1, 0.15) is 0 Å². The summed E-state index contributed by atoms with van der Waals surface area (Å²) in [6.45, 7) is -0.871. The first-order chi connectivity index (χ1) is 8.86. The molecule has 19 heavy (non-hydrogen) atoms. The van der Waals surface area contributed by atoms with E-state index in [2.05, 4.69) is 10.6 Å². The van der Waals surface area contributed by atoms with Gasteiger partial charge < -0.3 is 25.7 Å². The summed E-state index contributed by atoms with van der Waals surface area (Å²) in [4.78, 5) is 22.2. The van der Waals surface area contributed by atoms with Crippen LogP contribution in [0.5, 0.6) is 0 Å². The third-order valence-corrected chi connectivity index (χ3v) is 3.87. The van der Waals surface area contributed by atoms with Gasteiger partial charge in [0.25, 0.3) is 0 Å². The molecule has 2 amide bonds. The largest absolute Gasteiger partial charge is 0.396 e. The molecule has 1 aliphatic carbocycles. The fraction of sp³-hybridized carbons (Fsp3) is 0.800. The molecule has 1 aliphatic rings. The molecule has 8 nitrogen and oxygen atoms in total. The van der Waals surface area contributed by atoms with Crippen molar-refractivity contribution in [2.24, 2.45) is 5.92 Å². The van der Waals surface area contributed by atoms with Gasteiger partial charge in [-0.2, -0.15) is 0 Å². The van der Waals surface area contributed by atoms with Crippen LogP contribution < -0.4 is 10.6 Å². The van der Waals surface area contributed by atoms with E-state index >= 15 is 0 Å². The van der Waals surface area contributed by atoms with Gasteiger partial charge in [-0.15, -0.1) is 0 Å². The molecule has 0 heterocycles. The van der Waals surface area contributed by atoms with Crippen molar-refractivity contribution in [3.05, 3.63) is 0 Å². The molecule has 0 radical (unpaired) electrons. The van der Waals surface area contributed by atoms with Crippen LogP contribution in [-0.4, -0.2) is 74.2 Å². The molecule has 0 spiro atoms. The van der Waals surface area contributed by atoms with Gasteiger partial charge in [-0.3, -0.25) is 14.9 Å². The monoisotopic (exact) mass is 388 g/mol. The lowest BCUT2D eigenvalue weighted by atomic mass is 9.64. The molecule has 0 bridgehead atoms. The Morgan fingerprint density at radius 1 is 1.26 bits per heavy atom. The second-order valence-corrected chi connectivity index (χ2v) is 5.19. The molecule has 4 atom stereocenters. The van der Waals surface area contributed by atoms with Crippen molar-refractivity contribution in [2.75, 3.05) is 24.1 Å². The van der Waals surface area contributed by atoms with Crippen molar-refractivity contribution in [2.45, 2.75) is 17.8 Å². The Labute approximate surface area is 123 Å². The Hall–Kier alpha value is -0.330. The molecule has 9 heteroatoms. The van der Waals surface area contributed by atoms with E-state index in [1.54, 1.807) is 0 Å². The molecular formula is C10H17IN2O6. The number of carbonyl (C=O) groups is 2. The molecular weight excluding hydrogens is 371 g/mol. The smallest absolute Gasteiger partial charge is 0.240 e. The molecule has 0 saturated heterocycles. The molecule has 0 aromatic rings. The minimum absolute atomic E-state index is 0.158. The zero-order valence-electron chi connectivity index (χ0n) is 10.0. The van der Waals surface area contributed by atoms with E-state index in [0.717, 1.165) is 0 Å². The van der Waals surface area contributed by atoms with E-state index in [1.807, 2.05) is 22.6 Å². The number of hydrogen-bond donors (Lipinski definition) is 6. The quantitative estimate of drug-likeness (QED) is 0.207. The van der Waals surface area contributed by atoms with Crippen molar-refractivity contribution in [1.82, 2.24) is 10.6 Å². The predicted molar refractivity (Wildman–Crippen MR) is 72.4 cm³/mol. The Balaban J connectivity index is 2.36. The second-order valence-electron chi connectivity index (χ2n) is 4.42. The molecule has 3 unspecified atom stereocenters. The summed E-state index contributed by atoms with van der Waals surface area (Å²) >= 11 is 1.81. The zero-order chi connectivity index (χ0) is 14.6. The average Bonchev–Trinajstić information content (AvgIpc) is 2.38.